The number of unbranched alkanes of at least 4 members (excludes halogenated alkanes) is 2. The van der Waals surface area contributed by atoms with Gasteiger partial charge in [-0.3, -0.25) is 0 Å². The SMILES string of the molecule is O=C(O)C=Cc1ccc(CCCCCc2ccccc2)s1. The average Bonchev–Trinajstić information content (AvgIpc) is 2.94. The van der Waals surface area contributed by atoms with E-state index in [4.69, 9.17) is 5.11 Å². The molecule has 0 bridgehead atoms. The van der Waals surface area contributed by atoms with Gasteiger partial charge in [0.05, 0.1) is 0 Å². The van der Waals surface area contributed by atoms with Gasteiger partial charge < -0.3 is 5.11 Å². The maximum atomic E-state index is 10.5. The summed E-state index contributed by atoms with van der Waals surface area (Å²) in [6, 6.07) is 14.7. The van der Waals surface area contributed by atoms with E-state index in [2.05, 4.69) is 36.4 Å². The quantitative estimate of drug-likeness (QED) is 0.561. The van der Waals surface area contributed by atoms with Crippen LogP contribution in [0.5, 0.6) is 0 Å². The maximum Gasteiger partial charge on any atom is 0.328 e. The van der Waals surface area contributed by atoms with Crippen molar-refractivity contribution in [2.45, 2.75) is 32.1 Å². The lowest BCUT2D eigenvalue weighted by atomic mass is 10.1. The lowest BCUT2D eigenvalue weighted by Crippen LogP contribution is -1.86. The Morgan fingerprint density at radius 3 is 2.52 bits per heavy atom. The Balaban J connectivity index is 1.66. The molecule has 0 saturated heterocycles. The minimum absolute atomic E-state index is 0.897. The van der Waals surface area contributed by atoms with Gasteiger partial charge >= 0.3 is 5.97 Å². The standard InChI is InChI=1S/C18H20O2S/c19-18(20)14-13-17-12-11-16(21-17)10-6-2-5-9-15-7-3-1-4-8-15/h1,3-4,7-8,11-14H,2,5-6,9-10H2,(H,19,20). The second-order valence-corrected chi connectivity index (χ2v) is 6.22. The average molecular weight is 300 g/mol. The third-order valence-corrected chi connectivity index (χ3v) is 4.41. The zero-order chi connectivity index (χ0) is 14.9. The first-order chi connectivity index (χ1) is 10.2. The van der Waals surface area contributed by atoms with Crippen LogP contribution in [0.1, 0.15) is 34.6 Å². The van der Waals surface area contributed by atoms with E-state index in [1.807, 2.05) is 6.07 Å². The number of carboxylic acids is 1. The molecule has 0 saturated carbocycles. The minimum atomic E-state index is -0.897. The number of aryl methyl sites for hydroxylation is 2. The second-order valence-electron chi connectivity index (χ2n) is 5.02. The number of hydrogen-bond acceptors (Lipinski definition) is 2. The maximum absolute atomic E-state index is 10.5. The van der Waals surface area contributed by atoms with E-state index in [0.717, 1.165) is 17.7 Å². The molecule has 0 radical (unpaired) electrons. The molecule has 0 aliphatic carbocycles. The van der Waals surface area contributed by atoms with Crippen molar-refractivity contribution in [1.29, 1.82) is 0 Å². The predicted octanol–water partition coefficient (Wildman–Crippen LogP) is 4.80. The van der Waals surface area contributed by atoms with Gasteiger partial charge in [0, 0.05) is 15.8 Å². The molecule has 0 amide bonds. The predicted molar refractivity (Wildman–Crippen MR) is 88.7 cm³/mol. The zero-order valence-electron chi connectivity index (χ0n) is 12.0. The highest BCUT2D eigenvalue weighted by Gasteiger charge is 1.99. The van der Waals surface area contributed by atoms with Crippen molar-refractivity contribution in [1.82, 2.24) is 0 Å². The minimum Gasteiger partial charge on any atom is -0.478 e. The highest BCUT2D eigenvalue weighted by Crippen LogP contribution is 2.20. The van der Waals surface area contributed by atoms with E-state index in [1.54, 1.807) is 17.4 Å². The molecule has 0 aliphatic heterocycles. The molecule has 1 heterocycles. The fraction of sp³-hybridized carbons (Fsp3) is 0.278. The summed E-state index contributed by atoms with van der Waals surface area (Å²) < 4.78 is 0. The molecule has 0 atom stereocenters. The summed E-state index contributed by atoms with van der Waals surface area (Å²) in [6.45, 7) is 0. The van der Waals surface area contributed by atoms with Crippen LogP contribution in [0, 0.1) is 0 Å². The molecule has 0 spiro atoms. The third-order valence-electron chi connectivity index (χ3n) is 3.30. The Hall–Kier alpha value is -1.87. The topological polar surface area (TPSA) is 37.3 Å². The summed E-state index contributed by atoms with van der Waals surface area (Å²) in [5, 5.41) is 8.59. The van der Waals surface area contributed by atoms with Gasteiger partial charge in [-0.1, -0.05) is 36.8 Å². The number of thiophene rings is 1. The van der Waals surface area contributed by atoms with Crippen LogP contribution in [0.3, 0.4) is 0 Å². The number of benzene rings is 1. The molecule has 1 N–H and O–H groups in total. The van der Waals surface area contributed by atoms with Crippen molar-refractivity contribution >= 4 is 23.4 Å². The van der Waals surface area contributed by atoms with Gasteiger partial charge in [-0.25, -0.2) is 4.79 Å². The fourth-order valence-electron chi connectivity index (χ4n) is 2.22. The first kappa shape index (κ1) is 15.5. The first-order valence-corrected chi connectivity index (χ1v) is 8.09. The van der Waals surface area contributed by atoms with Crippen molar-refractivity contribution < 1.29 is 9.90 Å². The zero-order valence-corrected chi connectivity index (χ0v) is 12.8. The van der Waals surface area contributed by atoms with E-state index in [9.17, 15) is 4.79 Å². The largest absolute Gasteiger partial charge is 0.478 e. The number of aliphatic carboxylic acids is 1. The van der Waals surface area contributed by atoms with Crippen molar-refractivity contribution in [3.05, 3.63) is 63.9 Å². The summed E-state index contributed by atoms with van der Waals surface area (Å²) in [5.41, 5.74) is 1.41. The molecule has 1 aromatic carbocycles. The van der Waals surface area contributed by atoms with Crippen molar-refractivity contribution in [3.8, 4) is 0 Å². The Morgan fingerprint density at radius 1 is 1.00 bits per heavy atom. The smallest absolute Gasteiger partial charge is 0.328 e. The molecule has 3 heteroatoms. The van der Waals surface area contributed by atoms with Gasteiger partial charge in [0.2, 0.25) is 0 Å². The van der Waals surface area contributed by atoms with E-state index in [-0.39, 0.29) is 0 Å². The van der Waals surface area contributed by atoms with Gasteiger partial charge in [0.1, 0.15) is 0 Å². The second kappa shape index (κ2) is 8.42. The van der Waals surface area contributed by atoms with Gasteiger partial charge in [-0.05, 0) is 49.5 Å². The first-order valence-electron chi connectivity index (χ1n) is 7.28. The van der Waals surface area contributed by atoms with Crippen LogP contribution in [0.15, 0.2) is 48.5 Å². The number of carbonyl (C=O) groups is 1. The van der Waals surface area contributed by atoms with Crippen LogP contribution in [-0.2, 0) is 17.6 Å². The van der Waals surface area contributed by atoms with E-state index < -0.39 is 5.97 Å². The lowest BCUT2D eigenvalue weighted by Gasteiger charge is -2.01. The monoisotopic (exact) mass is 300 g/mol. The van der Waals surface area contributed by atoms with Gasteiger partial charge in [-0.2, -0.15) is 0 Å². The summed E-state index contributed by atoms with van der Waals surface area (Å²) in [4.78, 5) is 12.8. The molecule has 110 valence electrons. The highest BCUT2D eigenvalue weighted by atomic mass is 32.1. The van der Waals surface area contributed by atoms with E-state index in [1.165, 1.54) is 35.8 Å². The van der Waals surface area contributed by atoms with Crippen LogP contribution in [0.4, 0.5) is 0 Å². The molecule has 2 aromatic rings. The summed E-state index contributed by atoms with van der Waals surface area (Å²) in [5.74, 6) is -0.897. The molecule has 0 fully saturated rings. The number of hydrogen-bond donors (Lipinski definition) is 1. The molecule has 0 unspecified atom stereocenters. The lowest BCUT2D eigenvalue weighted by molar-refractivity contribution is -0.131. The van der Waals surface area contributed by atoms with Crippen molar-refractivity contribution in [2.75, 3.05) is 0 Å². The Bertz CT molecular complexity index is 584. The van der Waals surface area contributed by atoms with E-state index >= 15 is 0 Å². The van der Waals surface area contributed by atoms with Crippen molar-refractivity contribution in [3.63, 3.8) is 0 Å². The fourth-order valence-corrected chi connectivity index (χ4v) is 3.18. The molecule has 2 nitrogen and oxygen atoms in total. The van der Waals surface area contributed by atoms with Crippen LogP contribution in [0.2, 0.25) is 0 Å². The van der Waals surface area contributed by atoms with Crippen LogP contribution >= 0.6 is 11.3 Å². The van der Waals surface area contributed by atoms with Gasteiger partial charge in [-0.15, -0.1) is 11.3 Å². The molecular weight excluding hydrogens is 280 g/mol. The third kappa shape index (κ3) is 5.96. The van der Waals surface area contributed by atoms with Gasteiger partial charge in [0.25, 0.3) is 0 Å². The summed E-state index contributed by atoms with van der Waals surface area (Å²) >= 11 is 1.68. The molecule has 0 aliphatic rings. The van der Waals surface area contributed by atoms with Gasteiger partial charge in [0.15, 0.2) is 0 Å². The summed E-state index contributed by atoms with van der Waals surface area (Å²) in [6.07, 6.45) is 8.73. The molecule has 2 rings (SSSR count). The van der Waals surface area contributed by atoms with Crippen molar-refractivity contribution in [2.24, 2.45) is 0 Å². The highest BCUT2D eigenvalue weighted by molar-refractivity contribution is 7.12. The number of carboxylic acid groups (broad SMARTS) is 1. The van der Waals surface area contributed by atoms with Crippen LogP contribution < -0.4 is 0 Å². The number of rotatable bonds is 8. The Kier molecular flexibility index (Phi) is 6.22. The van der Waals surface area contributed by atoms with Crippen LogP contribution in [0.25, 0.3) is 6.08 Å². The normalized spacial score (nSPS) is 11.0. The molecule has 21 heavy (non-hydrogen) atoms. The van der Waals surface area contributed by atoms with Crippen LogP contribution in [-0.4, -0.2) is 11.1 Å². The van der Waals surface area contributed by atoms with E-state index in [0.29, 0.717) is 0 Å². The molecular formula is C18H20O2S. The molecule has 1 aromatic heterocycles. The Morgan fingerprint density at radius 2 is 1.76 bits per heavy atom. The Labute approximate surface area is 129 Å². The summed E-state index contributed by atoms with van der Waals surface area (Å²) in [7, 11) is 0.